The Kier molecular flexibility index (Phi) is 11.6. The lowest BCUT2D eigenvalue weighted by Crippen LogP contribution is -2.35. The summed E-state index contributed by atoms with van der Waals surface area (Å²) in [5, 5.41) is 12.5. The summed E-state index contributed by atoms with van der Waals surface area (Å²) < 4.78 is 10.9. The molecule has 1 heterocycles. The fourth-order valence-corrected chi connectivity index (χ4v) is 2.49. The van der Waals surface area contributed by atoms with Crippen LogP contribution in [0.3, 0.4) is 0 Å². The Hall–Kier alpha value is -0.560. The van der Waals surface area contributed by atoms with E-state index in [1.54, 1.807) is 14.0 Å². The average Bonchev–Trinajstić information content (AvgIpc) is 2.48. The van der Waals surface area contributed by atoms with Crippen LogP contribution in [0.15, 0.2) is 18.2 Å². The zero-order valence-corrected chi connectivity index (χ0v) is 15.4. The van der Waals surface area contributed by atoms with Gasteiger partial charge in [0.1, 0.15) is 5.75 Å². The van der Waals surface area contributed by atoms with Gasteiger partial charge in [0.25, 0.3) is 0 Å². The third-order valence-electron chi connectivity index (χ3n) is 3.61. The van der Waals surface area contributed by atoms with Crippen molar-refractivity contribution in [3.63, 3.8) is 0 Å². The molecule has 1 aliphatic rings. The highest BCUT2D eigenvalue weighted by Gasteiger charge is 2.13. The molecule has 7 heteroatoms. The van der Waals surface area contributed by atoms with Gasteiger partial charge in [0.2, 0.25) is 0 Å². The first-order valence-corrected chi connectivity index (χ1v) is 7.53. The summed E-state index contributed by atoms with van der Waals surface area (Å²) in [5.41, 5.74) is 2.41. The van der Waals surface area contributed by atoms with E-state index in [9.17, 15) is 5.11 Å². The number of ether oxygens (including phenoxy) is 2. The van der Waals surface area contributed by atoms with Crippen LogP contribution in [-0.2, 0) is 17.8 Å². The number of hydrogen-bond acceptors (Lipinski definition) is 5. The van der Waals surface area contributed by atoms with Crippen molar-refractivity contribution in [2.75, 3.05) is 40.0 Å². The van der Waals surface area contributed by atoms with Crippen LogP contribution >= 0.6 is 24.8 Å². The van der Waals surface area contributed by atoms with Gasteiger partial charge in [-0.2, -0.15) is 0 Å². The summed E-state index contributed by atoms with van der Waals surface area (Å²) in [6.45, 7) is 7.56. The van der Waals surface area contributed by atoms with Crippen LogP contribution in [0.4, 0.5) is 0 Å². The quantitative estimate of drug-likeness (QED) is 0.770. The molecule has 1 unspecified atom stereocenters. The Balaban J connectivity index is 0.00000242. The summed E-state index contributed by atoms with van der Waals surface area (Å²) in [4.78, 5) is 2.38. The van der Waals surface area contributed by atoms with Crippen molar-refractivity contribution in [3.8, 4) is 5.75 Å². The third kappa shape index (κ3) is 7.70. The highest BCUT2D eigenvalue weighted by molar-refractivity contribution is 5.85. The van der Waals surface area contributed by atoms with Crippen molar-refractivity contribution in [1.29, 1.82) is 0 Å². The fraction of sp³-hybridized carbons (Fsp3) is 0.625. The first-order valence-electron chi connectivity index (χ1n) is 7.53. The molecule has 0 radical (unpaired) electrons. The van der Waals surface area contributed by atoms with E-state index in [1.807, 2.05) is 6.07 Å². The Morgan fingerprint density at radius 3 is 2.61 bits per heavy atom. The summed E-state index contributed by atoms with van der Waals surface area (Å²) in [6.07, 6.45) is -0.323. The van der Waals surface area contributed by atoms with Gasteiger partial charge >= 0.3 is 0 Å². The molecule has 2 rings (SSSR count). The minimum absolute atomic E-state index is 0. The van der Waals surface area contributed by atoms with E-state index < -0.39 is 0 Å². The van der Waals surface area contributed by atoms with Crippen molar-refractivity contribution in [2.45, 2.75) is 26.1 Å². The van der Waals surface area contributed by atoms with E-state index >= 15 is 0 Å². The standard InChI is InChI=1S/C16H26N2O3.2ClH/c1-13(19)10-17-11-14-3-4-16(20-2)15(9-14)12-18-5-7-21-8-6-18;;/h3-4,9,13,17,19H,5-8,10-12H2,1-2H3;2*1H. The Labute approximate surface area is 151 Å². The lowest BCUT2D eigenvalue weighted by Gasteiger charge is -2.27. The third-order valence-corrected chi connectivity index (χ3v) is 3.61. The summed E-state index contributed by atoms with van der Waals surface area (Å²) in [6, 6.07) is 6.27. The van der Waals surface area contributed by atoms with Gasteiger partial charge in [-0.1, -0.05) is 6.07 Å². The van der Waals surface area contributed by atoms with Crippen LogP contribution in [0.2, 0.25) is 0 Å². The van der Waals surface area contributed by atoms with E-state index in [4.69, 9.17) is 9.47 Å². The molecule has 1 aliphatic heterocycles. The smallest absolute Gasteiger partial charge is 0.123 e. The molecular formula is C16H28Cl2N2O3. The Bertz CT molecular complexity index is 441. The van der Waals surface area contributed by atoms with Crippen LogP contribution in [0.1, 0.15) is 18.1 Å². The van der Waals surface area contributed by atoms with Crippen LogP contribution in [-0.4, -0.2) is 56.1 Å². The second-order valence-corrected chi connectivity index (χ2v) is 5.51. The summed E-state index contributed by atoms with van der Waals surface area (Å²) in [5.74, 6) is 0.931. The predicted octanol–water partition coefficient (Wildman–Crippen LogP) is 1.84. The molecule has 134 valence electrons. The molecule has 1 aromatic carbocycles. The van der Waals surface area contributed by atoms with Gasteiger partial charge in [0.05, 0.1) is 26.4 Å². The number of halogens is 2. The lowest BCUT2D eigenvalue weighted by atomic mass is 10.1. The summed E-state index contributed by atoms with van der Waals surface area (Å²) in [7, 11) is 1.71. The van der Waals surface area contributed by atoms with E-state index in [0.29, 0.717) is 6.54 Å². The second-order valence-electron chi connectivity index (χ2n) is 5.51. The van der Waals surface area contributed by atoms with Gasteiger partial charge in [-0.3, -0.25) is 4.90 Å². The highest BCUT2D eigenvalue weighted by Crippen LogP contribution is 2.22. The van der Waals surface area contributed by atoms with Crippen molar-refractivity contribution in [2.24, 2.45) is 0 Å². The second kappa shape index (κ2) is 11.9. The minimum Gasteiger partial charge on any atom is -0.496 e. The molecule has 23 heavy (non-hydrogen) atoms. The molecule has 1 saturated heterocycles. The maximum Gasteiger partial charge on any atom is 0.123 e. The van der Waals surface area contributed by atoms with Gasteiger partial charge in [-0.05, 0) is 24.6 Å². The molecule has 0 spiro atoms. The normalized spacial score (nSPS) is 16.1. The maximum absolute atomic E-state index is 9.28. The van der Waals surface area contributed by atoms with E-state index in [-0.39, 0.29) is 30.9 Å². The lowest BCUT2D eigenvalue weighted by molar-refractivity contribution is 0.0339. The monoisotopic (exact) mass is 366 g/mol. The zero-order chi connectivity index (χ0) is 15.1. The molecule has 1 atom stereocenters. The van der Waals surface area contributed by atoms with Crippen LogP contribution in [0.25, 0.3) is 0 Å². The Morgan fingerprint density at radius 1 is 1.30 bits per heavy atom. The van der Waals surface area contributed by atoms with Gasteiger partial charge < -0.3 is 19.9 Å². The first kappa shape index (κ1) is 22.4. The number of methoxy groups -OCH3 is 1. The van der Waals surface area contributed by atoms with E-state index in [1.165, 1.54) is 11.1 Å². The molecule has 0 aromatic heterocycles. The number of rotatable bonds is 7. The van der Waals surface area contributed by atoms with Crippen molar-refractivity contribution >= 4 is 24.8 Å². The topological polar surface area (TPSA) is 54.0 Å². The molecule has 1 fully saturated rings. The Morgan fingerprint density at radius 2 is 2.00 bits per heavy atom. The van der Waals surface area contributed by atoms with Crippen LogP contribution < -0.4 is 10.1 Å². The molecular weight excluding hydrogens is 339 g/mol. The highest BCUT2D eigenvalue weighted by atomic mass is 35.5. The summed E-state index contributed by atoms with van der Waals surface area (Å²) >= 11 is 0. The van der Waals surface area contributed by atoms with Gasteiger partial charge in [-0.15, -0.1) is 24.8 Å². The number of aliphatic hydroxyl groups excluding tert-OH is 1. The van der Waals surface area contributed by atoms with E-state index in [2.05, 4.69) is 22.3 Å². The molecule has 0 aliphatic carbocycles. The van der Waals surface area contributed by atoms with Crippen molar-refractivity contribution in [3.05, 3.63) is 29.3 Å². The number of benzene rings is 1. The molecule has 0 saturated carbocycles. The zero-order valence-electron chi connectivity index (χ0n) is 13.8. The number of nitrogens with zero attached hydrogens (tertiary/aromatic N) is 1. The van der Waals surface area contributed by atoms with Gasteiger partial charge in [0.15, 0.2) is 0 Å². The van der Waals surface area contributed by atoms with Crippen molar-refractivity contribution < 1.29 is 14.6 Å². The van der Waals surface area contributed by atoms with Crippen LogP contribution in [0, 0.1) is 0 Å². The minimum atomic E-state index is -0.323. The van der Waals surface area contributed by atoms with Crippen molar-refractivity contribution in [1.82, 2.24) is 10.2 Å². The number of morpholine rings is 1. The largest absolute Gasteiger partial charge is 0.496 e. The average molecular weight is 367 g/mol. The fourth-order valence-electron chi connectivity index (χ4n) is 2.49. The SMILES string of the molecule is COc1ccc(CNCC(C)O)cc1CN1CCOCC1.Cl.Cl. The molecule has 5 nitrogen and oxygen atoms in total. The van der Waals surface area contributed by atoms with Gasteiger partial charge in [-0.25, -0.2) is 0 Å². The molecule has 0 bridgehead atoms. The molecule has 2 N–H and O–H groups in total. The van der Waals surface area contributed by atoms with E-state index in [0.717, 1.165) is 45.1 Å². The van der Waals surface area contributed by atoms with Crippen LogP contribution in [0.5, 0.6) is 5.75 Å². The maximum atomic E-state index is 9.28. The first-order chi connectivity index (χ1) is 10.2. The molecule has 1 aromatic rings. The number of aliphatic hydroxyl groups is 1. The number of hydrogen-bond donors (Lipinski definition) is 2. The van der Waals surface area contributed by atoms with Gasteiger partial charge in [0, 0.05) is 38.3 Å². The number of nitrogens with one attached hydrogen (secondary N) is 1. The molecule has 0 amide bonds. The predicted molar refractivity (Wildman–Crippen MR) is 97.0 cm³/mol.